The smallest absolute Gasteiger partial charge is 0.124 e. The molecule has 0 unspecified atom stereocenters. The van der Waals surface area contributed by atoms with Gasteiger partial charge in [-0.3, -0.25) is 4.90 Å². The van der Waals surface area contributed by atoms with Gasteiger partial charge in [-0.05, 0) is 31.2 Å². The molecule has 1 fully saturated rings. The molecule has 3 nitrogen and oxygen atoms in total. The van der Waals surface area contributed by atoms with Gasteiger partial charge in [-0.15, -0.1) is 0 Å². The van der Waals surface area contributed by atoms with Crippen molar-refractivity contribution in [3.8, 4) is 11.8 Å². The molecule has 1 aromatic rings. The van der Waals surface area contributed by atoms with Gasteiger partial charge in [-0.1, -0.05) is 19.4 Å². The Bertz CT molecular complexity index is 405. The summed E-state index contributed by atoms with van der Waals surface area (Å²) in [6.45, 7) is 5.41. The summed E-state index contributed by atoms with van der Waals surface area (Å²) in [7, 11) is 0. The molecule has 1 aliphatic heterocycles. The number of nitriles is 1. The fourth-order valence-corrected chi connectivity index (χ4v) is 1.99. The lowest BCUT2D eigenvalue weighted by molar-refractivity contribution is 0.0193. The van der Waals surface area contributed by atoms with Crippen molar-refractivity contribution in [1.82, 2.24) is 4.90 Å². The Morgan fingerprint density at radius 3 is 3.00 bits per heavy atom. The molecule has 3 heteroatoms. The maximum Gasteiger partial charge on any atom is 0.124 e. The number of likely N-dealkylation sites (tertiary alicyclic amines) is 1. The summed E-state index contributed by atoms with van der Waals surface area (Å²) in [5, 5.41) is 8.79. The first kappa shape index (κ1) is 11.9. The molecule has 0 aromatic heterocycles. The van der Waals surface area contributed by atoms with Gasteiger partial charge in [0.25, 0.3) is 0 Å². The highest BCUT2D eigenvalue weighted by atomic mass is 16.5. The Hall–Kier alpha value is -1.53. The molecule has 0 bridgehead atoms. The highest BCUT2D eigenvalue weighted by Crippen LogP contribution is 2.19. The van der Waals surface area contributed by atoms with E-state index in [-0.39, 0.29) is 0 Å². The van der Waals surface area contributed by atoms with Crippen LogP contribution < -0.4 is 4.74 Å². The Labute approximate surface area is 103 Å². The summed E-state index contributed by atoms with van der Waals surface area (Å²) >= 11 is 0. The Balaban J connectivity index is 1.78. The van der Waals surface area contributed by atoms with Crippen LogP contribution in [0.4, 0.5) is 0 Å². The molecular weight excluding hydrogens is 212 g/mol. The molecule has 2 rings (SSSR count). The van der Waals surface area contributed by atoms with E-state index in [4.69, 9.17) is 10.00 Å². The standard InChI is InChI=1S/C14H18N2O/c1-2-3-7-16-10-14(11-16)17-13-6-4-5-12(8-13)9-15/h4-6,8,14H,2-3,7,10-11H2,1H3. The van der Waals surface area contributed by atoms with Crippen LogP contribution in [-0.4, -0.2) is 30.6 Å². The van der Waals surface area contributed by atoms with Gasteiger partial charge in [0, 0.05) is 13.1 Å². The lowest BCUT2D eigenvalue weighted by Crippen LogP contribution is -2.53. The molecule has 0 amide bonds. The molecule has 1 aromatic carbocycles. The minimum Gasteiger partial charge on any atom is -0.488 e. The molecule has 0 spiro atoms. The third-order valence-electron chi connectivity index (χ3n) is 3.02. The summed E-state index contributed by atoms with van der Waals surface area (Å²) in [6, 6.07) is 9.49. The fraction of sp³-hybridized carbons (Fsp3) is 0.500. The monoisotopic (exact) mass is 230 g/mol. The molecule has 1 saturated heterocycles. The number of hydrogen-bond acceptors (Lipinski definition) is 3. The predicted molar refractivity (Wildman–Crippen MR) is 66.9 cm³/mol. The minimum absolute atomic E-state index is 0.292. The van der Waals surface area contributed by atoms with Crippen LogP contribution in [-0.2, 0) is 0 Å². The van der Waals surface area contributed by atoms with Gasteiger partial charge in [0.05, 0.1) is 11.6 Å². The van der Waals surface area contributed by atoms with Crippen molar-refractivity contribution in [2.75, 3.05) is 19.6 Å². The molecule has 0 atom stereocenters. The van der Waals surface area contributed by atoms with Crippen molar-refractivity contribution in [2.45, 2.75) is 25.9 Å². The van der Waals surface area contributed by atoms with Crippen LogP contribution in [0.2, 0.25) is 0 Å². The van der Waals surface area contributed by atoms with Gasteiger partial charge in [-0.2, -0.15) is 5.26 Å². The first-order valence-electron chi connectivity index (χ1n) is 6.21. The molecule has 1 aliphatic rings. The highest BCUT2D eigenvalue weighted by Gasteiger charge is 2.27. The topological polar surface area (TPSA) is 36.3 Å². The average molecular weight is 230 g/mol. The number of nitrogens with zero attached hydrogens (tertiary/aromatic N) is 2. The molecule has 17 heavy (non-hydrogen) atoms. The predicted octanol–water partition coefficient (Wildman–Crippen LogP) is 2.42. The van der Waals surface area contributed by atoms with Crippen molar-refractivity contribution in [3.63, 3.8) is 0 Å². The van der Waals surface area contributed by atoms with Crippen LogP contribution in [0.1, 0.15) is 25.3 Å². The van der Waals surface area contributed by atoms with E-state index in [0.29, 0.717) is 11.7 Å². The van der Waals surface area contributed by atoms with E-state index in [1.165, 1.54) is 19.4 Å². The average Bonchev–Trinajstić information content (AvgIpc) is 2.32. The third-order valence-corrected chi connectivity index (χ3v) is 3.02. The van der Waals surface area contributed by atoms with Crippen molar-refractivity contribution < 1.29 is 4.74 Å². The number of ether oxygens (including phenoxy) is 1. The Kier molecular flexibility index (Phi) is 4.00. The molecule has 1 heterocycles. The van der Waals surface area contributed by atoms with Gasteiger partial charge >= 0.3 is 0 Å². The number of benzene rings is 1. The molecule has 0 N–H and O–H groups in total. The minimum atomic E-state index is 0.292. The lowest BCUT2D eigenvalue weighted by atomic mass is 10.1. The van der Waals surface area contributed by atoms with E-state index in [1.54, 1.807) is 12.1 Å². The third kappa shape index (κ3) is 3.21. The van der Waals surface area contributed by atoms with Crippen LogP contribution in [0, 0.1) is 11.3 Å². The van der Waals surface area contributed by atoms with Gasteiger partial charge in [0.2, 0.25) is 0 Å². The van der Waals surface area contributed by atoms with Gasteiger partial charge in [-0.25, -0.2) is 0 Å². The van der Waals surface area contributed by atoms with E-state index >= 15 is 0 Å². The van der Waals surface area contributed by atoms with Crippen molar-refractivity contribution in [2.24, 2.45) is 0 Å². The maximum absolute atomic E-state index is 8.79. The van der Waals surface area contributed by atoms with Crippen LogP contribution in [0.3, 0.4) is 0 Å². The summed E-state index contributed by atoms with van der Waals surface area (Å²) < 4.78 is 5.81. The zero-order valence-corrected chi connectivity index (χ0v) is 10.2. The lowest BCUT2D eigenvalue weighted by Gasteiger charge is -2.39. The molecule has 0 radical (unpaired) electrons. The fourth-order valence-electron chi connectivity index (χ4n) is 1.99. The normalized spacial score (nSPS) is 16.2. The number of rotatable bonds is 5. The van der Waals surface area contributed by atoms with Gasteiger partial charge in [0.1, 0.15) is 11.9 Å². The number of hydrogen-bond donors (Lipinski definition) is 0. The Morgan fingerprint density at radius 2 is 2.29 bits per heavy atom. The molecule has 0 saturated carbocycles. The SMILES string of the molecule is CCCCN1CC(Oc2cccc(C#N)c2)C1. The zero-order chi connectivity index (χ0) is 12.1. The van der Waals surface area contributed by atoms with E-state index in [9.17, 15) is 0 Å². The first-order valence-corrected chi connectivity index (χ1v) is 6.21. The highest BCUT2D eigenvalue weighted by molar-refractivity contribution is 5.36. The second-order valence-corrected chi connectivity index (χ2v) is 4.49. The van der Waals surface area contributed by atoms with Crippen molar-refractivity contribution in [1.29, 1.82) is 5.26 Å². The second-order valence-electron chi connectivity index (χ2n) is 4.49. The molecule has 90 valence electrons. The quantitative estimate of drug-likeness (QED) is 0.779. The summed E-state index contributed by atoms with van der Waals surface area (Å²) in [4.78, 5) is 2.41. The summed E-state index contributed by atoms with van der Waals surface area (Å²) in [6.07, 6.45) is 2.80. The summed E-state index contributed by atoms with van der Waals surface area (Å²) in [5.74, 6) is 0.809. The van der Waals surface area contributed by atoms with Crippen LogP contribution in [0.15, 0.2) is 24.3 Å². The largest absolute Gasteiger partial charge is 0.488 e. The van der Waals surface area contributed by atoms with Crippen molar-refractivity contribution >= 4 is 0 Å². The number of unbranched alkanes of at least 4 members (excludes halogenated alkanes) is 1. The maximum atomic E-state index is 8.79. The van der Waals surface area contributed by atoms with Crippen LogP contribution in [0.5, 0.6) is 5.75 Å². The van der Waals surface area contributed by atoms with Gasteiger partial charge in [0.15, 0.2) is 0 Å². The van der Waals surface area contributed by atoms with E-state index in [1.807, 2.05) is 12.1 Å². The van der Waals surface area contributed by atoms with Crippen LogP contribution in [0.25, 0.3) is 0 Å². The molecule has 0 aliphatic carbocycles. The first-order chi connectivity index (χ1) is 8.31. The van der Waals surface area contributed by atoms with E-state index in [0.717, 1.165) is 18.8 Å². The van der Waals surface area contributed by atoms with E-state index < -0.39 is 0 Å². The van der Waals surface area contributed by atoms with E-state index in [2.05, 4.69) is 17.9 Å². The van der Waals surface area contributed by atoms with Crippen LogP contribution >= 0.6 is 0 Å². The zero-order valence-electron chi connectivity index (χ0n) is 10.2. The van der Waals surface area contributed by atoms with Gasteiger partial charge < -0.3 is 4.74 Å². The Morgan fingerprint density at radius 1 is 1.47 bits per heavy atom. The van der Waals surface area contributed by atoms with Crippen molar-refractivity contribution in [3.05, 3.63) is 29.8 Å². The molecular formula is C14H18N2O. The second kappa shape index (κ2) is 5.70. The summed E-state index contributed by atoms with van der Waals surface area (Å²) in [5.41, 5.74) is 0.657.